The third-order valence-corrected chi connectivity index (χ3v) is 9.84. The van der Waals surface area contributed by atoms with Crippen molar-refractivity contribution in [2.75, 3.05) is 12.4 Å². The molecule has 1 aliphatic carbocycles. The zero-order valence-electron chi connectivity index (χ0n) is 30.3. The van der Waals surface area contributed by atoms with Gasteiger partial charge in [0.05, 0.1) is 36.8 Å². The van der Waals surface area contributed by atoms with E-state index in [-0.39, 0.29) is 23.4 Å². The van der Waals surface area contributed by atoms with E-state index in [0.29, 0.717) is 33.7 Å². The minimum Gasteiger partial charge on any atom is -0.505 e. The molecule has 0 heterocycles. The third-order valence-electron chi connectivity index (χ3n) is 8.96. The number of aliphatic hydroxyl groups excluding tert-OH is 1. The van der Waals surface area contributed by atoms with Gasteiger partial charge in [-0.1, -0.05) is 31.2 Å². The number of aryl methyl sites for hydroxylation is 2. The quantitative estimate of drug-likeness (QED) is 0.0763. The van der Waals surface area contributed by atoms with Crippen molar-refractivity contribution in [3.8, 4) is 11.5 Å². The van der Waals surface area contributed by atoms with Crippen LogP contribution in [0.1, 0.15) is 30.5 Å². The Balaban J connectivity index is 1.13. The van der Waals surface area contributed by atoms with E-state index in [2.05, 4.69) is 36.0 Å². The van der Waals surface area contributed by atoms with Crippen LogP contribution >= 0.6 is 0 Å². The molecule has 276 valence electrons. The van der Waals surface area contributed by atoms with Crippen molar-refractivity contribution in [1.29, 1.82) is 0 Å². The first-order valence-electron chi connectivity index (χ1n) is 17.0. The number of benzene rings is 5. The second-order valence-electron chi connectivity index (χ2n) is 12.9. The molecule has 0 bridgehead atoms. The summed E-state index contributed by atoms with van der Waals surface area (Å²) in [6.07, 6.45) is 3.97. The largest absolute Gasteiger partial charge is 0.505 e. The minimum absolute atomic E-state index is 0.0442. The number of ether oxygens (including phenoxy) is 1. The molecule has 54 heavy (non-hydrogen) atoms. The van der Waals surface area contributed by atoms with Gasteiger partial charge >= 0.3 is 0 Å². The summed E-state index contributed by atoms with van der Waals surface area (Å²) in [5.74, 6) is 0.777. The van der Waals surface area contributed by atoms with Crippen molar-refractivity contribution in [2.45, 2.75) is 45.2 Å². The number of aliphatic hydroxyl groups is 1. The molecular weight excluding hydrogens is 707 g/mol. The second kappa shape index (κ2) is 15.9. The zero-order valence-corrected chi connectivity index (χ0v) is 31.1. The fraction of sp³-hybridized carbons (Fsp3) is 0.200. The molecule has 2 atom stereocenters. The molecule has 0 spiro atoms. The number of allylic oxidation sites excluding steroid dienone is 1. The van der Waals surface area contributed by atoms with Crippen molar-refractivity contribution >= 4 is 55.0 Å². The standard InChI is InChI=1S/C40H39N7O6S/c1-23-18-37(25(3)16-35(23)44-42-33-14-6-27(22-48)20-39(33)54(50,51)52)46-47-38-19-24(2)36(17-26(38)4)45-43-34-15-7-28-21-30(10-13-32(28)40(34)49)41-29-8-11-31(53-5)12-9-29/h6-21,26,38,41,48-49H,22H2,1-5H3,(H,50,51,52). The van der Waals surface area contributed by atoms with Crippen molar-refractivity contribution in [2.24, 2.45) is 36.6 Å². The lowest BCUT2D eigenvalue weighted by Crippen LogP contribution is -2.15. The molecule has 2 unspecified atom stereocenters. The maximum Gasteiger partial charge on any atom is 0.296 e. The molecule has 14 heteroatoms. The van der Waals surface area contributed by atoms with Gasteiger partial charge < -0.3 is 20.3 Å². The number of phenolic OH excluding ortho intramolecular Hbond substituents is 1. The highest BCUT2D eigenvalue weighted by Crippen LogP contribution is 2.38. The Morgan fingerprint density at radius 2 is 1.39 bits per heavy atom. The van der Waals surface area contributed by atoms with E-state index < -0.39 is 21.6 Å². The number of fused-ring (bicyclic) bond motifs is 1. The molecule has 13 nitrogen and oxygen atoms in total. The van der Waals surface area contributed by atoms with E-state index in [9.17, 15) is 23.2 Å². The van der Waals surface area contributed by atoms with Crippen LogP contribution in [0.25, 0.3) is 10.8 Å². The van der Waals surface area contributed by atoms with Gasteiger partial charge in [-0.3, -0.25) is 4.55 Å². The average Bonchev–Trinajstić information content (AvgIpc) is 3.15. The molecule has 5 aromatic rings. The molecular formula is C40H39N7O6S. The Bertz CT molecular complexity index is 2490. The van der Waals surface area contributed by atoms with Crippen LogP contribution in [0.3, 0.4) is 0 Å². The van der Waals surface area contributed by atoms with Gasteiger partial charge in [0.1, 0.15) is 22.0 Å². The molecule has 0 saturated carbocycles. The van der Waals surface area contributed by atoms with Crippen LogP contribution < -0.4 is 10.1 Å². The van der Waals surface area contributed by atoms with E-state index >= 15 is 0 Å². The maximum absolute atomic E-state index is 11.9. The Hall–Kier alpha value is -6.09. The number of azo groups is 3. The zero-order chi connectivity index (χ0) is 38.6. The minimum atomic E-state index is -4.59. The van der Waals surface area contributed by atoms with E-state index in [1.54, 1.807) is 19.2 Å². The first-order valence-corrected chi connectivity index (χ1v) is 18.4. The molecule has 0 fully saturated rings. The average molecular weight is 746 g/mol. The number of anilines is 2. The first kappa shape index (κ1) is 37.7. The van der Waals surface area contributed by atoms with E-state index in [4.69, 9.17) is 4.74 Å². The Kier molecular flexibility index (Phi) is 11.1. The molecule has 0 radical (unpaired) electrons. The van der Waals surface area contributed by atoms with Crippen LogP contribution in [-0.4, -0.2) is 36.3 Å². The van der Waals surface area contributed by atoms with Crippen LogP contribution in [-0.2, 0) is 16.7 Å². The normalized spacial score (nSPS) is 16.4. The lowest BCUT2D eigenvalue weighted by Gasteiger charge is -2.19. The van der Waals surface area contributed by atoms with Gasteiger partial charge in [-0.25, -0.2) is 0 Å². The topological polar surface area (TPSA) is 190 Å². The lowest BCUT2D eigenvalue weighted by molar-refractivity contribution is 0.281. The lowest BCUT2D eigenvalue weighted by atomic mass is 9.92. The third kappa shape index (κ3) is 8.58. The molecule has 4 N–H and O–H groups in total. The van der Waals surface area contributed by atoms with E-state index in [1.165, 1.54) is 12.1 Å². The monoisotopic (exact) mass is 745 g/mol. The number of hydrogen-bond acceptors (Lipinski definition) is 12. The van der Waals surface area contributed by atoms with Crippen LogP contribution in [0.2, 0.25) is 0 Å². The van der Waals surface area contributed by atoms with Crippen molar-refractivity contribution in [1.82, 2.24) is 0 Å². The number of phenols is 1. The smallest absolute Gasteiger partial charge is 0.296 e. The Morgan fingerprint density at radius 3 is 2.07 bits per heavy atom. The summed E-state index contributed by atoms with van der Waals surface area (Å²) >= 11 is 0. The van der Waals surface area contributed by atoms with Crippen molar-refractivity contribution in [3.63, 3.8) is 0 Å². The highest BCUT2D eigenvalue weighted by molar-refractivity contribution is 7.86. The molecule has 0 saturated heterocycles. The fourth-order valence-corrected chi connectivity index (χ4v) is 6.49. The van der Waals surface area contributed by atoms with Crippen molar-refractivity contribution in [3.05, 3.63) is 125 Å². The van der Waals surface area contributed by atoms with Gasteiger partial charge in [0.2, 0.25) is 0 Å². The summed E-state index contributed by atoms with van der Waals surface area (Å²) in [5.41, 5.74) is 6.58. The summed E-state index contributed by atoms with van der Waals surface area (Å²) < 4.78 is 38.6. The predicted octanol–water partition coefficient (Wildman–Crippen LogP) is 10.8. The number of rotatable bonds is 11. The maximum atomic E-state index is 11.9. The molecule has 6 rings (SSSR count). The first-order chi connectivity index (χ1) is 25.8. The Labute approximate surface area is 312 Å². The number of methoxy groups -OCH3 is 1. The molecule has 5 aromatic carbocycles. The van der Waals surface area contributed by atoms with Gasteiger partial charge in [0.15, 0.2) is 5.75 Å². The van der Waals surface area contributed by atoms with E-state index in [1.807, 2.05) is 94.4 Å². The van der Waals surface area contributed by atoms with Gasteiger partial charge in [-0.2, -0.15) is 28.9 Å². The number of hydrogen-bond donors (Lipinski definition) is 4. The van der Waals surface area contributed by atoms with Gasteiger partial charge in [0, 0.05) is 22.7 Å². The highest BCUT2D eigenvalue weighted by atomic mass is 32.2. The fourth-order valence-electron chi connectivity index (χ4n) is 5.82. The SMILES string of the molecule is COc1ccc(Nc2ccc3c(O)c(N=NC4=CC(C)C(N=Nc5cc(C)c(N=Nc6ccc(CO)cc6S(=O)(=O)O)cc5C)C=C4C)ccc3c2)cc1. The summed E-state index contributed by atoms with van der Waals surface area (Å²) in [6.45, 7) is 7.23. The summed E-state index contributed by atoms with van der Waals surface area (Å²) in [7, 11) is -2.96. The summed E-state index contributed by atoms with van der Waals surface area (Å²) in [6, 6.07) is 24.3. The second-order valence-corrected chi connectivity index (χ2v) is 14.3. The van der Waals surface area contributed by atoms with Crippen LogP contribution in [0.4, 0.5) is 34.1 Å². The number of aromatic hydroxyl groups is 1. The molecule has 0 aromatic heterocycles. The van der Waals surface area contributed by atoms with Gasteiger partial charge in [-0.05, 0) is 121 Å². The Morgan fingerprint density at radius 1 is 0.741 bits per heavy atom. The van der Waals surface area contributed by atoms with Crippen LogP contribution in [0, 0.1) is 19.8 Å². The van der Waals surface area contributed by atoms with Crippen molar-refractivity contribution < 1.29 is 27.9 Å². The molecule has 0 amide bonds. The summed E-state index contributed by atoms with van der Waals surface area (Å²) in [4.78, 5) is -0.443. The predicted molar refractivity (Wildman–Crippen MR) is 208 cm³/mol. The highest BCUT2D eigenvalue weighted by Gasteiger charge is 2.21. The van der Waals surface area contributed by atoms with Gasteiger partial charge in [-0.15, -0.1) is 10.2 Å². The van der Waals surface area contributed by atoms with E-state index in [0.717, 1.165) is 45.3 Å². The van der Waals surface area contributed by atoms with Gasteiger partial charge in [0.25, 0.3) is 10.1 Å². The molecule has 0 aliphatic heterocycles. The number of nitrogens with one attached hydrogen (secondary N) is 1. The van der Waals surface area contributed by atoms with Crippen LogP contribution in [0.15, 0.2) is 144 Å². The van der Waals surface area contributed by atoms with Crippen LogP contribution in [0.5, 0.6) is 11.5 Å². The number of nitrogens with zero attached hydrogens (tertiary/aromatic N) is 6. The summed E-state index contributed by atoms with van der Waals surface area (Å²) in [5, 5.41) is 51.6. The molecule has 1 aliphatic rings.